The molecule has 2 saturated heterocycles. The number of aromatic nitrogens is 1. The number of carbonyl (C=O) groups excluding carboxylic acids is 1. The van der Waals surface area contributed by atoms with Crippen LogP contribution >= 0.6 is 0 Å². The molecule has 0 saturated carbocycles. The maximum Gasteiger partial charge on any atom is 0.322 e. The van der Waals surface area contributed by atoms with Crippen LogP contribution in [-0.2, 0) is 11.3 Å². The zero-order valence-corrected chi connectivity index (χ0v) is 20.4. The first-order valence-corrected chi connectivity index (χ1v) is 12.7. The molecule has 0 bridgehead atoms. The second kappa shape index (κ2) is 11.0. The van der Waals surface area contributed by atoms with E-state index in [-0.39, 0.29) is 12.1 Å². The molecule has 5 rings (SSSR count). The topological polar surface area (TPSA) is 70.8 Å². The minimum absolute atomic E-state index is 0.0391. The first-order chi connectivity index (χ1) is 17.2. The molecule has 2 aromatic carbocycles. The molecule has 35 heavy (non-hydrogen) atoms. The Hall–Kier alpha value is -3.32. The van der Waals surface area contributed by atoms with Crippen molar-refractivity contribution in [2.24, 2.45) is 0 Å². The molecule has 3 heterocycles. The van der Waals surface area contributed by atoms with Gasteiger partial charge < -0.3 is 24.4 Å². The van der Waals surface area contributed by atoms with Gasteiger partial charge in [0.15, 0.2) is 0 Å². The summed E-state index contributed by atoms with van der Waals surface area (Å²) >= 11 is 0. The Balaban J connectivity index is 1.46. The number of anilines is 2. The van der Waals surface area contributed by atoms with Crippen LogP contribution in [0.5, 0.6) is 0 Å². The van der Waals surface area contributed by atoms with Gasteiger partial charge in [-0.25, -0.2) is 4.79 Å². The average molecular weight is 475 g/mol. The average Bonchev–Trinajstić information content (AvgIpc) is 3.56. The molecular formula is C28H34N4O3. The van der Waals surface area contributed by atoms with Gasteiger partial charge in [-0.15, -0.1) is 0 Å². The van der Waals surface area contributed by atoms with Crippen molar-refractivity contribution in [2.45, 2.75) is 51.7 Å². The monoisotopic (exact) mass is 474 g/mol. The molecule has 1 atom stereocenters. The summed E-state index contributed by atoms with van der Waals surface area (Å²) in [6.07, 6.45) is 5.53. The van der Waals surface area contributed by atoms with Crippen molar-refractivity contribution in [3.8, 4) is 11.3 Å². The normalized spacial score (nSPS) is 18.0. The first kappa shape index (κ1) is 23.4. The number of rotatable bonds is 7. The number of hydrogen-bond donors (Lipinski definition) is 1. The third-order valence-electron chi connectivity index (χ3n) is 6.84. The summed E-state index contributed by atoms with van der Waals surface area (Å²) < 4.78 is 11.9. The summed E-state index contributed by atoms with van der Waals surface area (Å²) in [7, 11) is 0. The van der Waals surface area contributed by atoms with E-state index in [0.29, 0.717) is 13.1 Å². The maximum atomic E-state index is 13.5. The highest BCUT2D eigenvalue weighted by molar-refractivity contribution is 5.89. The van der Waals surface area contributed by atoms with E-state index in [2.05, 4.69) is 15.4 Å². The fraction of sp³-hybridized carbons (Fsp3) is 0.429. The van der Waals surface area contributed by atoms with Gasteiger partial charge >= 0.3 is 6.03 Å². The molecule has 0 radical (unpaired) electrons. The van der Waals surface area contributed by atoms with Crippen molar-refractivity contribution in [2.75, 3.05) is 36.5 Å². The fourth-order valence-corrected chi connectivity index (χ4v) is 4.90. The molecule has 2 fully saturated rings. The van der Waals surface area contributed by atoms with Crippen molar-refractivity contribution < 1.29 is 14.1 Å². The van der Waals surface area contributed by atoms with Crippen molar-refractivity contribution in [1.29, 1.82) is 0 Å². The summed E-state index contributed by atoms with van der Waals surface area (Å²) in [4.78, 5) is 17.7. The Morgan fingerprint density at radius 1 is 1.06 bits per heavy atom. The molecule has 2 aliphatic rings. The van der Waals surface area contributed by atoms with Crippen LogP contribution in [0.3, 0.4) is 0 Å². The molecule has 3 aromatic rings. The van der Waals surface area contributed by atoms with Gasteiger partial charge in [-0.05, 0) is 51.2 Å². The van der Waals surface area contributed by atoms with E-state index in [4.69, 9.17) is 9.26 Å². The molecule has 7 nitrogen and oxygen atoms in total. The smallest absolute Gasteiger partial charge is 0.322 e. The minimum Gasteiger partial charge on any atom is -0.376 e. The predicted octanol–water partition coefficient (Wildman–Crippen LogP) is 5.85. The molecule has 2 amide bonds. The first-order valence-electron chi connectivity index (χ1n) is 12.7. The summed E-state index contributed by atoms with van der Waals surface area (Å²) in [5.74, 6) is 0.782. The number of benzene rings is 2. The Labute approximate surface area is 207 Å². The molecule has 7 heteroatoms. The van der Waals surface area contributed by atoms with Crippen molar-refractivity contribution in [1.82, 2.24) is 10.1 Å². The number of carbonyl (C=O) groups is 1. The number of nitrogens with zero attached hydrogens (tertiary/aromatic N) is 3. The Morgan fingerprint density at radius 2 is 1.83 bits per heavy atom. The molecule has 184 valence electrons. The van der Waals surface area contributed by atoms with Gasteiger partial charge in [0.1, 0.15) is 5.69 Å². The lowest BCUT2D eigenvalue weighted by molar-refractivity contribution is 0.0819. The highest BCUT2D eigenvalue weighted by Crippen LogP contribution is 2.34. The quantitative estimate of drug-likeness (QED) is 0.465. The largest absolute Gasteiger partial charge is 0.376 e. The highest BCUT2D eigenvalue weighted by Gasteiger charge is 2.29. The van der Waals surface area contributed by atoms with Crippen LogP contribution in [0.4, 0.5) is 16.4 Å². The van der Waals surface area contributed by atoms with Crippen molar-refractivity contribution >= 4 is 17.6 Å². The minimum atomic E-state index is -0.144. The van der Waals surface area contributed by atoms with Gasteiger partial charge in [-0.2, -0.15) is 0 Å². The zero-order valence-electron chi connectivity index (χ0n) is 20.4. The van der Waals surface area contributed by atoms with Gasteiger partial charge in [0.05, 0.1) is 18.2 Å². The fourth-order valence-electron chi connectivity index (χ4n) is 4.90. The van der Waals surface area contributed by atoms with Crippen LogP contribution in [0, 0.1) is 6.92 Å². The van der Waals surface area contributed by atoms with Crippen LogP contribution in [0.15, 0.2) is 59.1 Å². The predicted molar refractivity (Wildman–Crippen MR) is 138 cm³/mol. The Morgan fingerprint density at radius 3 is 2.54 bits per heavy atom. The molecule has 0 spiro atoms. The van der Waals surface area contributed by atoms with E-state index in [9.17, 15) is 4.79 Å². The third kappa shape index (κ3) is 5.68. The van der Waals surface area contributed by atoms with E-state index in [1.807, 2.05) is 66.4 Å². The van der Waals surface area contributed by atoms with Crippen molar-refractivity contribution in [3.05, 3.63) is 65.7 Å². The van der Waals surface area contributed by atoms with E-state index < -0.39 is 0 Å². The number of hydrogen-bond acceptors (Lipinski definition) is 5. The zero-order chi connectivity index (χ0) is 24.0. The molecule has 0 unspecified atom stereocenters. The number of amides is 2. The second-order valence-corrected chi connectivity index (χ2v) is 9.54. The number of nitrogens with one attached hydrogen (secondary N) is 1. The van der Waals surface area contributed by atoms with E-state index in [1.54, 1.807) is 0 Å². The lowest BCUT2D eigenvalue weighted by atomic mass is 10.1. The lowest BCUT2D eigenvalue weighted by Crippen LogP contribution is -2.40. The van der Waals surface area contributed by atoms with Gasteiger partial charge in [-0.1, -0.05) is 53.2 Å². The molecule has 1 aromatic heterocycles. The van der Waals surface area contributed by atoms with E-state index >= 15 is 0 Å². The lowest BCUT2D eigenvalue weighted by Gasteiger charge is -2.29. The summed E-state index contributed by atoms with van der Waals surface area (Å²) in [6, 6.07) is 17.8. The maximum absolute atomic E-state index is 13.5. The molecule has 2 aliphatic heterocycles. The highest BCUT2D eigenvalue weighted by atomic mass is 16.5. The number of aryl methyl sites for hydroxylation is 1. The Kier molecular flexibility index (Phi) is 7.33. The van der Waals surface area contributed by atoms with Gasteiger partial charge in [0.25, 0.3) is 0 Å². The van der Waals surface area contributed by atoms with Crippen molar-refractivity contribution in [3.63, 3.8) is 0 Å². The second-order valence-electron chi connectivity index (χ2n) is 9.54. The van der Waals surface area contributed by atoms with E-state index in [0.717, 1.165) is 79.3 Å². The SMILES string of the molecule is Cc1ccc(NC(=O)N(Cc2c(-c3ccccc3)noc2N2CCCCC2)C[C@@H]2CCCO2)cc1. The van der Waals surface area contributed by atoms with Crippen LogP contribution in [0.2, 0.25) is 0 Å². The summed E-state index contributed by atoms with van der Waals surface area (Å²) in [5.41, 5.74) is 4.68. The standard InChI is InChI=1S/C28H34N4O3/c1-21-12-14-23(15-13-21)29-28(33)32(19-24-11-8-18-34-24)20-25-26(22-9-4-2-5-10-22)30-35-27(25)31-16-6-3-7-17-31/h2,4-5,9-10,12-15,24H,3,6-8,11,16-20H2,1H3,(H,29,33)/t24-/m0/s1. The van der Waals surface area contributed by atoms with E-state index in [1.165, 1.54) is 6.42 Å². The third-order valence-corrected chi connectivity index (χ3v) is 6.84. The van der Waals surface area contributed by atoms with Gasteiger partial charge in [0, 0.05) is 37.5 Å². The number of urea groups is 1. The Bertz CT molecular complexity index is 1100. The van der Waals surface area contributed by atoms with Crippen LogP contribution in [-0.4, -0.2) is 48.4 Å². The molecular weight excluding hydrogens is 440 g/mol. The van der Waals surface area contributed by atoms with Crippen LogP contribution in [0.25, 0.3) is 11.3 Å². The number of ether oxygens (including phenoxy) is 1. The summed E-state index contributed by atoms with van der Waals surface area (Å²) in [6.45, 7) is 5.59. The van der Waals surface area contributed by atoms with Crippen LogP contribution in [0.1, 0.15) is 43.2 Å². The number of piperidine rings is 1. The van der Waals surface area contributed by atoms with Crippen LogP contribution < -0.4 is 10.2 Å². The summed E-state index contributed by atoms with van der Waals surface area (Å²) in [5, 5.41) is 7.57. The molecule has 0 aliphatic carbocycles. The van der Waals surface area contributed by atoms with Gasteiger partial charge in [0.2, 0.25) is 5.88 Å². The molecule has 1 N–H and O–H groups in total. The van der Waals surface area contributed by atoms with Gasteiger partial charge in [-0.3, -0.25) is 0 Å².